The van der Waals surface area contributed by atoms with Crippen molar-refractivity contribution in [3.63, 3.8) is 0 Å². The van der Waals surface area contributed by atoms with Crippen molar-refractivity contribution < 1.29 is 0 Å². The maximum absolute atomic E-state index is 4.80. The first-order valence-electron chi connectivity index (χ1n) is 10.7. The fraction of sp³-hybridized carbons (Fsp3) is 0.682. The molecule has 0 amide bonds. The molecular formula is C22H40IN5. The van der Waals surface area contributed by atoms with E-state index in [9.17, 15) is 0 Å². The van der Waals surface area contributed by atoms with Crippen LogP contribution in [0.3, 0.4) is 0 Å². The summed E-state index contributed by atoms with van der Waals surface area (Å²) in [5.74, 6) is 0.983. The van der Waals surface area contributed by atoms with Crippen LogP contribution in [0, 0.1) is 0 Å². The standard InChI is InChI=1S/C22H39N5.HI/c1-4-15-27-17-12-21(13-18-27)25-22(23-5-2)24-14-9-16-26(3)19-20-10-7-6-8-11-20;/h6-8,10-11,21H,4-5,9,12-19H2,1-3H3,(H2,23,24,25);1H. The van der Waals surface area contributed by atoms with E-state index in [1.807, 2.05) is 0 Å². The van der Waals surface area contributed by atoms with Gasteiger partial charge in [-0.3, -0.25) is 4.99 Å². The van der Waals surface area contributed by atoms with Crippen LogP contribution in [0.4, 0.5) is 0 Å². The molecule has 1 fully saturated rings. The Balaban J connectivity index is 0.00000392. The zero-order chi connectivity index (χ0) is 19.3. The molecule has 0 saturated carbocycles. The van der Waals surface area contributed by atoms with Crippen molar-refractivity contribution >= 4 is 29.9 Å². The first-order chi connectivity index (χ1) is 13.2. The Morgan fingerprint density at radius 3 is 2.54 bits per heavy atom. The number of halogens is 1. The number of nitrogens with zero attached hydrogens (tertiary/aromatic N) is 3. The largest absolute Gasteiger partial charge is 0.357 e. The highest BCUT2D eigenvalue weighted by molar-refractivity contribution is 14.0. The van der Waals surface area contributed by atoms with Crippen LogP contribution in [0.5, 0.6) is 0 Å². The molecule has 0 unspecified atom stereocenters. The summed E-state index contributed by atoms with van der Waals surface area (Å²) >= 11 is 0. The number of hydrogen-bond acceptors (Lipinski definition) is 3. The third-order valence-electron chi connectivity index (χ3n) is 5.08. The molecule has 6 heteroatoms. The number of aliphatic imine (C=N–C) groups is 1. The number of rotatable bonds is 10. The molecule has 2 rings (SSSR count). The molecule has 0 spiro atoms. The van der Waals surface area contributed by atoms with E-state index in [1.165, 1.54) is 44.5 Å². The van der Waals surface area contributed by atoms with Gasteiger partial charge >= 0.3 is 0 Å². The molecule has 5 nitrogen and oxygen atoms in total. The summed E-state index contributed by atoms with van der Waals surface area (Å²) in [6.07, 6.45) is 4.75. The minimum Gasteiger partial charge on any atom is -0.357 e. The second kappa shape index (κ2) is 15.0. The van der Waals surface area contributed by atoms with E-state index >= 15 is 0 Å². The predicted molar refractivity (Wildman–Crippen MR) is 132 cm³/mol. The van der Waals surface area contributed by atoms with E-state index in [2.05, 4.69) is 71.7 Å². The van der Waals surface area contributed by atoms with Crippen LogP contribution >= 0.6 is 24.0 Å². The van der Waals surface area contributed by atoms with E-state index in [4.69, 9.17) is 4.99 Å². The van der Waals surface area contributed by atoms with Crippen molar-refractivity contribution in [2.24, 2.45) is 4.99 Å². The van der Waals surface area contributed by atoms with Gasteiger partial charge < -0.3 is 20.4 Å². The molecule has 0 radical (unpaired) electrons. The second-order valence-electron chi connectivity index (χ2n) is 7.60. The molecule has 28 heavy (non-hydrogen) atoms. The lowest BCUT2D eigenvalue weighted by Crippen LogP contribution is -2.48. The molecular weight excluding hydrogens is 461 g/mol. The average molecular weight is 502 g/mol. The highest BCUT2D eigenvalue weighted by atomic mass is 127. The number of hydrogen-bond donors (Lipinski definition) is 2. The number of piperidine rings is 1. The molecule has 0 atom stereocenters. The van der Waals surface area contributed by atoms with Crippen LogP contribution in [0.1, 0.15) is 45.1 Å². The summed E-state index contributed by atoms with van der Waals surface area (Å²) in [7, 11) is 2.18. The van der Waals surface area contributed by atoms with Crippen LogP contribution in [0.2, 0.25) is 0 Å². The van der Waals surface area contributed by atoms with Gasteiger partial charge in [-0.1, -0.05) is 37.3 Å². The topological polar surface area (TPSA) is 42.9 Å². The lowest BCUT2D eigenvalue weighted by Gasteiger charge is -2.32. The van der Waals surface area contributed by atoms with Crippen LogP contribution in [0.15, 0.2) is 35.3 Å². The molecule has 0 aliphatic carbocycles. The number of likely N-dealkylation sites (tertiary alicyclic amines) is 1. The van der Waals surface area contributed by atoms with Gasteiger partial charge in [-0.05, 0) is 58.3 Å². The molecule has 1 aliphatic rings. The van der Waals surface area contributed by atoms with Crippen molar-refractivity contribution in [3.05, 3.63) is 35.9 Å². The van der Waals surface area contributed by atoms with Gasteiger partial charge in [-0.15, -0.1) is 24.0 Å². The monoisotopic (exact) mass is 501 g/mol. The lowest BCUT2D eigenvalue weighted by molar-refractivity contribution is 0.206. The summed E-state index contributed by atoms with van der Waals surface area (Å²) in [5.41, 5.74) is 1.37. The van der Waals surface area contributed by atoms with Gasteiger partial charge in [0.15, 0.2) is 5.96 Å². The highest BCUT2D eigenvalue weighted by Crippen LogP contribution is 2.10. The minimum atomic E-state index is 0. The fourth-order valence-corrected chi connectivity index (χ4v) is 3.64. The van der Waals surface area contributed by atoms with Gasteiger partial charge in [0.1, 0.15) is 0 Å². The zero-order valence-corrected chi connectivity index (χ0v) is 20.3. The normalized spacial score (nSPS) is 16.1. The number of benzene rings is 1. The summed E-state index contributed by atoms with van der Waals surface area (Å²) < 4.78 is 0. The smallest absolute Gasteiger partial charge is 0.191 e. The van der Waals surface area contributed by atoms with Gasteiger partial charge in [-0.2, -0.15) is 0 Å². The van der Waals surface area contributed by atoms with Crippen molar-refractivity contribution in [2.75, 3.05) is 46.3 Å². The third kappa shape index (κ3) is 10.1. The van der Waals surface area contributed by atoms with E-state index in [0.29, 0.717) is 6.04 Å². The summed E-state index contributed by atoms with van der Waals surface area (Å²) in [5, 5.41) is 7.05. The third-order valence-corrected chi connectivity index (χ3v) is 5.08. The van der Waals surface area contributed by atoms with Crippen LogP contribution in [-0.2, 0) is 6.54 Å². The van der Waals surface area contributed by atoms with Gasteiger partial charge in [0.05, 0.1) is 0 Å². The highest BCUT2D eigenvalue weighted by Gasteiger charge is 2.19. The molecule has 1 heterocycles. The Morgan fingerprint density at radius 1 is 1.18 bits per heavy atom. The van der Waals surface area contributed by atoms with Gasteiger partial charge in [0.25, 0.3) is 0 Å². The SMILES string of the molecule is CCCN1CCC(NC(=NCCCN(C)Cc2ccccc2)NCC)CC1.I. The molecule has 1 aromatic rings. The molecule has 0 aromatic heterocycles. The molecule has 0 bridgehead atoms. The minimum absolute atomic E-state index is 0. The molecule has 1 aliphatic heterocycles. The maximum atomic E-state index is 4.80. The fourth-order valence-electron chi connectivity index (χ4n) is 3.64. The van der Waals surface area contributed by atoms with Crippen LogP contribution in [-0.4, -0.2) is 68.1 Å². The van der Waals surface area contributed by atoms with E-state index in [1.54, 1.807) is 0 Å². The Kier molecular flexibility index (Phi) is 13.5. The first kappa shape index (κ1) is 25.2. The summed E-state index contributed by atoms with van der Waals surface area (Å²) in [6.45, 7) is 11.9. The van der Waals surface area contributed by atoms with Crippen molar-refractivity contribution in [3.8, 4) is 0 Å². The Hall–Kier alpha value is -0.860. The predicted octanol–water partition coefficient (Wildman–Crippen LogP) is 3.56. The summed E-state index contributed by atoms with van der Waals surface area (Å²) in [4.78, 5) is 9.74. The number of nitrogens with one attached hydrogen (secondary N) is 2. The van der Waals surface area contributed by atoms with Gasteiger partial charge in [0, 0.05) is 38.8 Å². The second-order valence-corrected chi connectivity index (χ2v) is 7.60. The van der Waals surface area contributed by atoms with E-state index < -0.39 is 0 Å². The van der Waals surface area contributed by atoms with Gasteiger partial charge in [-0.25, -0.2) is 0 Å². The first-order valence-corrected chi connectivity index (χ1v) is 10.7. The van der Waals surface area contributed by atoms with Crippen molar-refractivity contribution in [2.45, 2.75) is 52.1 Å². The Bertz CT molecular complexity index is 529. The average Bonchev–Trinajstić information content (AvgIpc) is 2.68. The molecule has 160 valence electrons. The van der Waals surface area contributed by atoms with Crippen molar-refractivity contribution in [1.29, 1.82) is 0 Å². The summed E-state index contributed by atoms with van der Waals surface area (Å²) in [6, 6.07) is 11.2. The van der Waals surface area contributed by atoms with E-state index in [-0.39, 0.29) is 24.0 Å². The molecule has 1 saturated heterocycles. The van der Waals surface area contributed by atoms with Crippen LogP contribution in [0.25, 0.3) is 0 Å². The lowest BCUT2D eigenvalue weighted by atomic mass is 10.1. The quantitative estimate of drug-likeness (QED) is 0.223. The van der Waals surface area contributed by atoms with Gasteiger partial charge in [0.2, 0.25) is 0 Å². The zero-order valence-electron chi connectivity index (χ0n) is 18.0. The van der Waals surface area contributed by atoms with Crippen molar-refractivity contribution in [1.82, 2.24) is 20.4 Å². The van der Waals surface area contributed by atoms with Crippen LogP contribution < -0.4 is 10.6 Å². The molecule has 2 N–H and O–H groups in total. The molecule has 1 aromatic carbocycles. The van der Waals surface area contributed by atoms with E-state index in [0.717, 1.165) is 38.6 Å². The Labute approximate surface area is 189 Å². The maximum Gasteiger partial charge on any atom is 0.191 e. The number of guanidine groups is 1. The Morgan fingerprint density at radius 2 is 1.89 bits per heavy atom.